The third-order valence-electron chi connectivity index (χ3n) is 3.51. The Morgan fingerprint density at radius 1 is 1.00 bits per heavy atom. The molecule has 0 fully saturated rings. The molecule has 1 N–H and O–H groups in total. The van der Waals surface area contributed by atoms with Gasteiger partial charge in [0.1, 0.15) is 6.23 Å². The van der Waals surface area contributed by atoms with Crippen LogP contribution in [0.25, 0.3) is 0 Å². The summed E-state index contributed by atoms with van der Waals surface area (Å²) in [6.07, 6.45) is 0.445. The maximum absolute atomic E-state index is 10.1. The van der Waals surface area contributed by atoms with Gasteiger partial charge in [-0.15, -0.1) is 0 Å². The number of nitrogens with zero attached hydrogens (tertiary/aromatic N) is 1. The van der Waals surface area contributed by atoms with Crippen molar-refractivity contribution >= 4 is 34.5 Å². The number of hydrogen-bond acceptors (Lipinski definition) is 6. The SMILES string of the molecule is CCCN(C)C(O)COCC[Si](C)(O[SiH](C)O[Si](C)(C)C)O[Si](C)(C)C. The standard InChI is InChI=1S/C16H43NO5Si4/c1-11-12-17(2)16(18)15-19-13-14-26(10,22-25(7,8)9)21-23(3)20-24(4,5)6/h16,18,23H,11-15H2,1-10H3. The van der Waals surface area contributed by atoms with Crippen LogP contribution in [0.3, 0.4) is 0 Å². The molecule has 3 unspecified atom stereocenters. The van der Waals surface area contributed by atoms with E-state index < -0.39 is 40.7 Å². The molecule has 0 aromatic heterocycles. The number of hydrogen-bond donors (Lipinski definition) is 1. The van der Waals surface area contributed by atoms with Gasteiger partial charge in [0.05, 0.1) is 6.61 Å². The van der Waals surface area contributed by atoms with Crippen LogP contribution in [-0.4, -0.2) is 77.5 Å². The molecule has 158 valence electrons. The fourth-order valence-corrected chi connectivity index (χ4v) is 17.3. The molecule has 6 nitrogen and oxygen atoms in total. The lowest BCUT2D eigenvalue weighted by molar-refractivity contribution is -0.0450. The van der Waals surface area contributed by atoms with Gasteiger partial charge < -0.3 is 22.2 Å². The molecule has 0 rings (SSSR count). The van der Waals surface area contributed by atoms with Crippen molar-refractivity contribution in [3.63, 3.8) is 0 Å². The Morgan fingerprint density at radius 3 is 2.04 bits per heavy atom. The van der Waals surface area contributed by atoms with E-state index in [2.05, 4.69) is 59.3 Å². The van der Waals surface area contributed by atoms with E-state index in [9.17, 15) is 5.11 Å². The molecule has 0 aliphatic heterocycles. The number of aliphatic hydroxyl groups is 1. The van der Waals surface area contributed by atoms with Crippen molar-refractivity contribution in [1.29, 1.82) is 0 Å². The van der Waals surface area contributed by atoms with Gasteiger partial charge in [-0.05, 0) is 65.8 Å². The van der Waals surface area contributed by atoms with Crippen molar-refractivity contribution in [2.24, 2.45) is 0 Å². The van der Waals surface area contributed by atoms with Crippen molar-refractivity contribution in [3.05, 3.63) is 0 Å². The van der Waals surface area contributed by atoms with Gasteiger partial charge in [0.25, 0.3) is 9.28 Å². The van der Waals surface area contributed by atoms with E-state index >= 15 is 0 Å². The first kappa shape index (κ1) is 26.6. The first-order valence-corrected chi connectivity index (χ1v) is 21.1. The second-order valence-corrected chi connectivity index (χ2v) is 24.1. The average molecular weight is 442 g/mol. The van der Waals surface area contributed by atoms with E-state index in [0.717, 1.165) is 19.0 Å². The van der Waals surface area contributed by atoms with Crippen molar-refractivity contribution in [1.82, 2.24) is 4.90 Å². The summed E-state index contributed by atoms with van der Waals surface area (Å²) in [7, 11) is -5.52. The molecule has 0 aliphatic carbocycles. The first-order chi connectivity index (χ1) is 11.7. The van der Waals surface area contributed by atoms with Crippen LogP contribution < -0.4 is 0 Å². The van der Waals surface area contributed by atoms with Gasteiger partial charge in [-0.2, -0.15) is 0 Å². The minimum atomic E-state index is -2.36. The highest BCUT2D eigenvalue weighted by Crippen LogP contribution is 2.22. The highest BCUT2D eigenvalue weighted by Gasteiger charge is 2.39. The number of rotatable bonds is 14. The van der Waals surface area contributed by atoms with E-state index in [1.165, 1.54) is 0 Å². The summed E-state index contributed by atoms with van der Waals surface area (Å²) >= 11 is 0. The van der Waals surface area contributed by atoms with Crippen molar-refractivity contribution in [2.45, 2.75) is 78.0 Å². The summed E-state index contributed by atoms with van der Waals surface area (Å²) in [5.41, 5.74) is 0. The molecular formula is C16H43NO5Si4. The van der Waals surface area contributed by atoms with Gasteiger partial charge in [-0.25, -0.2) is 0 Å². The molecular weight excluding hydrogens is 399 g/mol. The Hall–Kier alpha value is 0.628. The summed E-state index contributed by atoms with van der Waals surface area (Å²) in [6.45, 7) is 21.2. The van der Waals surface area contributed by atoms with Gasteiger partial charge in [0, 0.05) is 19.2 Å². The van der Waals surface area contributed by atoms with Crippen LogP contribution in [0.5, 0.6) is 0 Å². The van der Waals surface area contributed by atoms with Gasteiger partial charge in [0.15, 0.2) is 16.6 Å². The monoisotopic (exact) mass is 441 g/mol. The lowest BCUT2D eigenvalue weighted by Crippen LogP contribution is -2.52. The first-order valence-electron chi connectivity index (χ1n) is 9.69. The van der Waals surface area contributed by atoms with Gasteiger partial charge in [0.2, 0.25) is 0 Å². The molecule has 0 amide bonds. The van der Waals surface area contributed by atoms with Crippen molar-refractivity contribution in [3.8, 4) is 0 Å². The molecule has 0 bridgehead atoms. The molecule has 0 spiro atoms. The Morgan fingerprint density at radius 2 is 1.58 bits per heavy atom. The summed E-state index contributed by atoms with van der Waals surface area (Å²) in [6, 6.07) is 0.758. The summed E-state index contributed by atoms with van der Waals surface area (Å²) < 4.78 is 24.8. The van der Waals surface area contributed by atoms with Crippen LogP contribution in [0.15, 0.2) is 0 Å². The van der Waals surface area contributed by atoms with Crippen LogP contribution in [0.4, 0.5) is 0 Å². The highest BCUT2D eigenvalue weighted by atomic mass is 28.5. The van der Waals surface area contributed by atoms with Crippen molar-refractivity contribution < 1.29 is 22.2 Å². The minimum Gasteiger partial charge on any atom is -0.439 e. The van der Waals surface area contributed by atoms with E-state index in [1.54, 1.807) is 0 Å². The molecule has 0 saturated heterocycles. The summed E-state index contributed by atoms with van der Waals surface area (Å²) in [5.74, 6) is 0. The Bertz CT molecular complexity index is 392. The number of likely N-dealkylation sites (N-methyl/N-ethyl adjacent to an activating group) is 1. The average Bonchev–Trinajstić information content (AvgIpc) is 2.38. The van der Waals surface area contributed by atoms with Crippen LogP contribution in [0, 0.1) is 0 Å². The Kier molecular flexibility index (Phi) is 11.9. The van der Waals surface area contributed by atoms with E-state index in [1.807, 2.05) is 11.9 Å². The van der Waals surface area contributed by atoms with Gasteiger partial charge >= 0.3 is 8.56 Å². The number of aliphatic hydroxyl groups excluding tert-OH is 1. The van der Waals surface area contributed by atoms with Crippen LogP contribution in [0.2, 0.25) is 58.4 Å². The van der Waals surface area contributed by atoms with Crippen molar-refractivity contribution in [2.75, 3.05) is 26.8 Å². The van der Waals surface area contributed by atoms with E-state index in [0.29, 0.717) is 13.2 Å². The lowest BCUT2D eigenvalue weighted by Gasteiger charge is -2.37. The molecule has 0 aliphatic rings. The fraction of sp³-hybridized carbons (Fsp3) is 1.00. The summed E-state index contributed by atoms with van der Waals surface area (Å²) in [5, 5.41) is 10.1. The normalized spacial score (nSPS) is 18.0. The predicted octanol–water partition coefficient (Wildman–Crippen LogP) is 3.31. The van der Waals surface area contributed by atoms with E-state index in [4.69, 9.17) is 17.1 Å². The second kappa shape index (κ2) is 11.6. The van der Waals surface area contributed by atoms with Crippen LogP contribution in [-0.2, 0) is 17.1 Å². The zero-order valence-corrected chi connectivity index (χ0v) is 22.9. The molecule has 0 heterocycles. The predicted molar refractivity (Wildman–Crippen MR) is 119 cm³/mol. The maximum Gasteiger partial charge on any atom is 0.318 e. The molecule has 0 radical (unpaired) electrons. The number of ether oxygens (including phenoxy) is 1. The zero-order valence-electron chi connectivity index (χ0n) is 18.7. The molecule has 0 saturated carbocycles. The van der Waals surface area contributed by atoms with E-state index in [-0.39, 0.29) is 0 Å². The Balaban J connectivity index is 4.64. The summed E-state index contributed by atoms with van der Waals surface area (Å²) in [4.78, 5) is 1.91. The fourth-order valence-electron chi connectivity index (χ4n) is 2.73. The largest absolute Gasteiger partial charge is 0.439 e. The van der Waals surface area contributed by atoms with Gasteiger partial charge in [-0.3, -0.25) is 4.90 Å². The minimum absolute atomic E-state index is 0.312. The zero-order chi connectivity index (χ0) is 20.6. The molecule has 0 aromatic rings. The molecule has 0 aromatic carbocycles. The van der Waals surface area contributed by atoms with Crippen LogP contribution in [0.1, 0.15) is 13.3 Å². The quantitative estimate of drug-likeness (QED) is 0.253. The second-order valence-electron chi connectivity index (χ2n) is 9.05. The molecule has 3 atom stereocenters. The topological polar surface area (TPSA) is 60.4 Å². The smallest absolute Gasteiger partial charge is 0.318 e. The lowest BCUT2D eigenvalue weighted by atomic mass is 10.4. The molecule has 10 heteroatoms. The third-order valence-corrected chi connectivity index (χ3v) is 16.3. The third kappa shape index (κ3) is 13.7. The molecule has 26 heavy (non-hydrogen) atoms. The maximum atomic E-state index is 10.1. The highest BCUT2D eigenvalue weighted by molar-refractivity contribution is 6.85. The Labute approximate surface area is 166 Å². The van der Waals surface area contributed by atoms with Crippen LogP contribution >= 0.6 is 0 Å². The van der Waals surface area contributed by atoms with Gasteiger partial charge in [-0.1, -0.05) is 6.92 Å².